The second kappa shape index (κ2) is 13.1. The summed E-state index contributed by atoms with van der Waals surface area (Å²) in [6.07, 6.45) is 1.60. The quantitative estimate of drug-likeness (QED) is 0.453. The van der Waals surface area contributed by atoms with Crippen LogP contribution in [0.4, 0.5) is 5.69 Å². The highest BCUT2D eigenvalue weighted by molar-refractivity contribution is 7.92. The van der Waals surface area contributed by atoms with Crippen molar-refractivity contribution < 1.29 is 22.7 Å². The first-order valence-corrected chi connectivity index (χ1v) is 13.7. The summed E-state index contributed by atoms with van der Waals surface area (Å²) in [4.78, 5) is 27.7. The molecule has 2 aromatic carbocycles. The number of amides is 2. The molecule has 0 aliphatic rings. The first-order chi connectivity index (χ1) is 16.5. The molecule has 0 spiro atoms. The van der Waals surface area contributed by atoms with Gasteiger partial charge >= 0.3 is 0 Å². The normalized spacial score (nSPS) is 12.2. The van der Waals surface area contributed by atoms with E-state index in [1.165, 1.54) is 4.90 Å². The molecular formula is C26H37N3O5S. The lowest BCUT2D eigenvalue weighted by Gasteiger charge is -2.31. The third-order valence-electron chi connectivity index (χ3n) is 5.45. The van der Waals surface area contributed by atoms with E-state index in [-0.39, 0.29) is 18.4 Å². The number of nitrogens with one attached hydrogen (secondary N) is 1. The van der Waals surface area contributed by atoms with Gasteiger partial charge in [-0.25, -0.2) is 8.42 Å². The Kier molecular flexibility index (Phi) is 10.6. The summed E-state index contributed by atoms with van der Waals surface area (Å²) in [5.74, 6) is 0.149. The van der Waals surface area contributed by atoms with E-state index >= 15 is 0 Å². The van der Waals surface area contributed by atoms with Gasteiger partial charge in [0.15, 0.2) is 0 Å². The van der Waals surface area contributed by atoms with E-state index in [9.17, 15) is 18.0 Å². The number of ether oxygens (including phenoxy) is 1. The second-order valence-corrected chi connectivity index (χ2v) is 10.7. The van der Waals surface area contributed by atoms with Crippen LogP contribution in [0.15, 0.2) is 54.6 Å². The fourth-order valence-corrected chi connectivity index (χ4v) is 4.36. The van der Waals surface area contributed by atoms with Crippen molar-refractivity contribution in [2.45, 2.75) is 40.2 Å². The van der Waals surface area contributed by atoms with Crippen LogP contribution in [0, 0.1) is 5.92 Å². The summed E-state index contributed by atoms with van der Waals surface area (Å²) in [5, 5.41) is 2.87. The van der Waals surface area contributed by atoms with Gasteiger partial charge in [0, 0.05) is 13.1 Å². The lowest BCUT2D eigenvalue weighted by molar-refractivity contribution is -0.138. The van der Waals surface area contributed by atoms with Crippen LogP contribution < -0.4 is 14.4 Å². The molecule has 0 fully saturated rings. The Balaban J connectivity index is 2.27. The first-order valence-electron chi connectivity index (χ1n) is 11.8. The van der Waals surface area contributed by atoms with Gasteiger partial charge in [-0.2, -0.15) is 0 Å². The first kappa shape index (κ1) is 28.2. The molecule has 2 aromatic rings. The topological polar surface area (TPSA) is 96.0 Å². The lowest BCUT2D eigenvalue weighted by Crippen LogP contribution is -2.52. The largest absolute Gasteiger partial charge is 0.494 e. The van der Waals surface area contributed by atoms with Crippen LogP contribution in [0.2, 0.25) is 0 Å². The molecule has 0 aromatic heterocycles. The molecule has 192 valence electrons. The van der Waals surface area contributed by atoms with E-state index < -0.39 is 28.5 Å². The van der Waals surface area contributed by atoms with Gasteiger partial charge in [0.05, 0.1) is 18.6 Å². The Bertz CT molecular complexity index is 1060. The third-order valence-corrected chi connectivity index (χ3v) is 6.59. The molecule has 9 heteroatoms. The van der Waals surface area contributed by atoms with Gasteiger partial charge in [-0.15, -0.1) is 0 Å². The van der Waals surface area contributed by atoms with Crippen molar-refractivity contribution in [3.05, 3.63) is 60.2 Å². The van der Waals surface area contributed by atoms with Gasteiger partial charge in [-0.3, -0.25) is 13.9 Å². The van der Waals surface area contributed by atoms with Crippen molar-refractivity contribution in [2.24, 2.45) is 5.92 Å². The Labute approximate surface area is 209 Å². The third kappa shape index (κ3) is 8.90. The number of nitrogens with zero attached hydrogens (tertiary/aromatic N) is 2. The Morgan fingerprint density at radius 1 is 1.00 bits per heavy atom. The zero-order chi connectivity index (χ0) is 26.0. The fourth-order valence-electron chi connectivity index (χ4n) is 3.51. The zero-order valence-electron chi connectivity index (χ0n) is 21.2. The van der Waals surface area contributed by atoms with Crippen LogP contribution in [-0.2, 0) is 26.0 Å². The van der Waals surface area contributed by atoms with E-state index in [4.69, 9.17) is 4.74 Å². The number of sulfonamides is 1. The number of rotatable bonds is 13. The standard InChI is InChI=1S/C26H37N3O5S/c1-6-34-24-14-12-23(13-15-24)29(35(5,32)33)19-25(30)28(17-16-22-10-8-7-9-11-22)21(4)26(31)27-18-20(2)3/h7-15,20-21H,6,16-19H2,1-5H3,(H,27,31)/t21-/m1/s1. The van der Waals surface area contributed by atoms with Crippen LogP contribution in [-0.4, -0.2) is 63.7 Å². The highest BCUT2D eigenvalue weighted by Crippen LogP contribution is 2.22. The molecule has 0 aliphatic carbocycles. The molecule has 0 radical (unpaired) electrons. The number of carbonyl (C=O) groups is 2. The molecule has 1 atom stereocenters. The van der Waals surface area contributed by atoms with Crippen LogP contribution >= 0.6 is 0 Å². The molecule has 0 saturated heterocycles. The van der Waals surface area contributed by atoms with Crippen molar-refractivity contribution in [1.82, 2.24) is 10.2 Å². The minimum atomic E-state index is -3.76. The molecule has 0 aliphatic heterocycles. The Morgan fingerprint density at radius 3 is 2.17 bits per heavy atom. The zero-order valence-corrected chi connectivity index (χ0v) is 22.0. The van der Waals surface area contributed by atoms with E-state index in [0.29, 0.717) is 31.0 Å². The maximum Gasteiger partial charge on any atom is 0.244 e. The second-order valence-electron chi connectivity index (χ2n) is 8.83. The molecule has 35 heavy (non-hydrogen) atoms. The van der Waals surface area contributed by atoms with Crippen LogP contribution in [0.3, 0.4) is 0 Å². The average Bonchev–Trinajstić information content (AvgIpc) is 2.81. The van der Waals surface area contributed by atoms with Crippen LogP contribution in [0.5, 0.6) is 5.75 Å². The van der Waals surface area contributed by atoms with Crippen molar-refractivity contribution in [2.75, 3.05) is 36.8 Å². The summed E-state index contributed by atoms with van der Waals surface area (Å²) in [6.45, 7) is 8.35. The van der Waals surface area contributed by atoms with Gasteiger partial charge in [-0.05, 0) is 56.0 Å². The Hall–Kier alpha value is -3.07. The van der Waals surface area contributed by atoms with Crippen molar-refractivity contribution >= 4 is 27.5 Å². The average molecular weight is 504 g/mol. The molecular weight excluding hydrogens is 466 g/mol. The van der Waals surface area contributed by atoms with Gasteiger partial charge in [0.25, 0.3) is 0 Å². The van der Waals surface area contributed by atoms with Crippen LogP contribution in [0.1, 0.15) is 33.3 Å². The van der Waals surface area contributed by atoms with Gasteiger partial charge in [0.1, 0.15) is 18.3 Å². The van der Waals surface area contributed by atoms with Gasteiger partial charge in [-0.1, -0.05) is 44.2 Å². The summed E-state index contributed by atoms with van der Waals surface area (Å²) >= 11 is 0. The lowest BCUT2D eigenvalue weighted by atomic mass is 10.1. The fraction of sp³-hybridized carbons (Fsp3) is 0.462. The smallest absolute Gasteiger partial charge is 0.244 e. The number of hydrogen-bond donors (Lipinski definition) is 1. The molecule has 8 nitrogen and oxygen atoms in total. The van der Waals surface area contributed by atoms with Gasteiger partial charge in [0.2, 0.25) is 21.8 Å². The predicted octanol–water partition coefficient (Wildman–Crippen LogP) is 3.08. The van der Waals surface area contributed by atoms with E-state index in [1.54, 1.807) is 31.2 Å². The predicted molar refractivity (Wildman–Crippen MR) is 139 cm³/mol. The molecule has 2 amide bonds. The SMILES string of the molecule is CCOc1ccc(N(CC(=O)N(CCc2ccccc2)[C@H](C)C(=O)NCC(C)C)S(C)(=O)=O)cc1. The monoisotopic (exact) mass is 503 g/mol. The number of hydrogen-bond acceptors (Lipinski definition) is 5. The maximum absolute atomic E-state index is 13.5. The molecule has 0 unspecified atom stereocenters. The minimum Gasteiger partial charge on any atom is -0.494 e. The van der Waals surface area contributed by atoms with Crippen LogP contribution in [0.25, 0.3) is 0 Å². The summed E-state index contributed by atoms with van der Waals surface area (Å²) in [5.41, 5.74) is 1.37. The number of benzene rings is 2. The summed E-state index contributed by atoms with van der Waals surface area (Å²) in [6, 6.07) is 15.4. The van der Waals surface area contributed by atoms with E-state index in [2.05, 4.69) is 5.32 Å². The van der Waals surface area contributed by atoms with Crippen molar-refractivity contribution in [1.29, 1.82) is 0 Å². The number of anilines is 1. The van der Waals surface area contributed by atoms with E-state index in [0.717, 1.165) is 16.1 Å². The molecule has 0 bridgehead atoms. The molecule has 0 heterocycles. The maximum atomic E-state index is 13.5. The van der Waals surface area contributed by atoms with Crippen molar-refractivity contribution in [3.63, 3.8) is 0 Å². The highest BCUT2D eigenvalue weighted by atomic mass is 32.2. The Morgan fingerprint density at radius 2 is 1.63 bits per heavy atom. The molecule has 1 N–H and O–H groups in total. The van der Waals surface area contributed by atoms with Crippen molar-refractivity contribution in [3.8, 4) is 5.75 Å². The molecule has 0 saturated carbocycles. The molecule has 2 rings (SSSR count). The summed E-state index contributed by atoms with van der Waals surface area (Å²) < 4.78 is 31.7. The number of carbonyl (C=O) groups excluding carboxylic acids is 2. The summed E-state index contributed by atoms with van der Waals surface area (Å²) in [7, 11) is -3.76. The minimum absolute atomic E-state index is 0.264. The van der Waals surface area contributed by atoms with E-state index in [1.807, 2.05) is 51.1 Å². The van der Waals surface area contributed by atoms with Gasteiger partial charge < -0.3 is 15.0 Å². The highest BCUT2D eigenvalue weighted by Gasteiger charge is 2.29.